The maximum Gasteiger partial charge on any atom is 0.115 e. The zero-order valence-electron chi connectivity index (χ0n) is 10.1. The lowest BCUT2D eigenvalue weighted by molar-refractivity contribution is -0.0223. The van der Waals surface area contributed by atoms with Crippen molar-refractivity contribution in [3.8, 4) is 0 Å². The van der Waals surface area contributed by atoms with Gasteiger partial charge in [0.05, 0.1) is 34.0 Å². The Hall–Kier alpha value is -0.890. The normalized spacial score (nSPS) is 30.2. The molecule has 4 atom stereocenters. The van der Waals surface area contributed by atoms with Crippen molar-refractivity contribution in [2.45, 2.75) is 24.4 Å². The molecule has 1 aromatic carbocycles. The van der Waals surface area contributed by atoms with E-state index in [-0.39, 0.29) is 10.0 Å². The number of benzene rings is 1. The number of nitrogens with zero attached hydrogens (tertiary/aromatic N) is 1. The van der Waals surface area contributed by atoms with Crippen LogP contribution in [0.4, 0.5) is 0 Å². The largest absolute Gasteiger partial charge is 0.394 e. The molecule has 8 heteroatoms. The van der Waals surface area contributed by atoms with Crippen molar-refractivity contribution in [1.29, 1.82) is 0 Å². The Morgan fingerprint density at radius 3 is 2.70 bits per heavy atom. The summed E-state index contributed by atoms with van der Waals surface area (Å²) in [6, 6.07) is 1.62. The molecule has 0 unspecified atom stereocenters. The van der Waals surface area contributed by atoms with Gasteiger partial charge >= 0.3 is 0 Å². The maximum atomic E-state index is 10.1. The highest BCUT2D eigenvalue weighted by Gasteiger charge is 2.44. The number of rotatable bonds is 2. The molecule has 1 fully saturated rings. The van der Waals surface area contributed by atoms with Crippen LogP contribution in [0.3, 0.4) is 0 Å². The summed E-state index contributed by atoms with van der Waals surface area (Å²) in [6.07, 6.45) is -2.72. The molecule has 6 nitrogen and oxygen atoms in total. The molecule has 0 bridgehead atoms. The SMILES string of the molecule is OC[C@H]1O[C@@H](c2c(Cl)c(Cl)cc3[nH]cnc23)[C@H](O)[C@@H]1O. The van der Waals surface area contributed by atoms with E-state index in [1.54, 1.807) is 6.07 Å². The van der Waals surface area contributed by atoms with Crippen LogP contribution in [0.2, 0.25) is 10.0 Å². The third-order valence-electron chi connectivity index (χ3n) is 3.47. The molecular weight excluding hydrogens is 307 g/mol. The predicted molar refractivity (Wildman–Crippen MR) is 72.8 cm³/mol. The second-order valence-corrected chi connectivity index (χ2v) is 5.43. The summed E-state index contributed by atoms with van der Waals surface area (Å²) in [4.78, 5) is 7.04. The van der Waals surface area contributed by atoms with Crippen LogP contribution in [0.1, 0.15) is 11.7 Å². The van der Waals surface area contributed by atoms with E-state index >= 15 is 0 Å². The Balaban J connectivity index is 2.15. The Kier molecular flexibility index (Phi) is 3.62. The molecule has 0 amide bonds. The van der Waals surface area contributed by atoms with Crippen LogP contribution in [-0.4, -0.2) is 50.2 Å². The number of nitrogens with one attached hydrogen (secondary N) is 1. The van der Waals surface area contributed by atoms with E-state index in [1.165, 1.54) is 6.33 Å². The topological polar surface area (TPSA) is 98.6 Å². The highest BCUT2D eigenvalue weighted by Crippen LogP contribution is 2.42. The first-order valence-electron chi connectivity index (χ1n) is 5.98. The molecule has 1 saturated heterocycles. The van der Waals surface area contributed by atoms with Gasteiger partial charge in [-0.25, -0.2) is 4.98 Å². The second-order valence-electron chi connectivity index (χ2n) is 4.64. The average Bonchev–Trinajstić information content (AvgIpc) is 2.99. The Labute approximate surface area is 123 Å². The molecule has 0 spiro atoms. The van der Waals surface area contributed by atoms with Crippen LogP contribution in [-0.2, 0) is 4.74 Å². The molecule has 3 rings (SSSR count). The van der Waals surface area contributed by atoms with Gasteiger partial charge in [0.25, 0.3) is 0 Å². The van der Waals surface area contributed by atoms with Crippen molar-refractivity contribution in [3.63, 3.8) is 0 Å². The summed E-state index contributed by atoms with van der Waals surface area (Å²) in [5.74, 6) is 0. The number of hydrogen-bond acceptors (Lipinski definition) is 5. The van der Waals surface area contributed by atoms with Crippen LogP contribution in [0.25, 0.3) is 11.0 Å². The number of H-pyrrole nitrogens is 1. The van der Waals surface area contributed by atoms with E-state index in [1.807, 2.05) is 0 Å². The lowest BCUT2D eigenvalue weighted by Gasteiger charge is -2.17. The number of fused-ring (bicyclic) bond motifs is 1. The molecule has 20 heavy (non-hydrogen) atoms. The fourth-order valence-corrected chi connectivity index (χ4v) is 2.91. The third-order valence-corrected chi connectivity index (χ3v) is 4.27. The maximum absolute atomic E-state index is 10.1. The summed E-state index contributed by atoms with van der Waals surface area (Å²) in [6.45, 7) is -0.406. The van der Waals surface area contributed by atoms with Crippen LogP contribution in [0, 0.1) is 0 Å². The molecule has 2 aromatic rings. The summed E-state index contributed by atoms with van der Waals surface area (Å²) in [5.41, 5.74) is 1.55. The first kappa shape index (κ1) is 14.1. The van der Waals surface area contributed by atoms with Crippen LogP contribution in [0.5, 0.6) is 0 Å². The first-order chi connectivity index (χ1) is 9.54. The Morgan fingerprint density at radius 1 is 1.30 bits per heavy atom. The summed E-state index contributed by atoms with van der Waals surface area (Å²) in [7, 11) is 0. The van der Waals surface area contributed by atoms with Gasteiger partial charge in [-0.05, 0) is 6.07 Å². The molecular formula is C12H12Cl2N2O4. The van der Waals surface area contributed by atoms with Gasteiger partial charge in [-0.3, -0.25) is 0 Å². The zero-order valence-corrected chi connectivity index (χ0v) is 11.6. The van der Waals surface area contributed by atoms with Gasteiger partial charge in [0.15, 0.2) is 0 Å². The van der Waals surface area contributed by atoms with Gasteiger partial charge in [0, 0.05) is 5.56 Å². The zero-order chi connectivity index (χ0) is 14.4. The molecule has 2 heterocycles. The number of aromatic nitrogens is 2. The van der Waals surface area contributed by atoms with Crippen molar-refractivity contribution < 1.29 is 20.1 Å². The van der Waals surface area contributed by atoms with Crippen molar-refractivity contribution in [1.82, 2.24) is 9.97 Å². The lowest BCUT2D eigenvalue weighted by atomic mass is 10.00. The summed E-state index contributed by atoms with van der Waals surface area (Å²) < 4.78 is 5.49. The summed E-state index contributed by atoms with van der Waals surface area (Å²) in [5, 5.41) is 29.6. The predicted octanol–water partition coefficient (Wildman–Crippen LogP) is 1.02. The fourth-order valence-electron chi connectivity index (χ4n) is 2.45. The minimum absolute atomic E-state index is 0.209. The van der Waals surface area contributed by atoms with E-state index in [0.29, 0.717) is 16.6 Å². The van der Waals surface area contributed by atoms with Gasteiger partial charge in [0.1, 0.15) is 24.4 Å². The standard InChI is InChI=1S/C12H12Cl2N2O4/c13-4-1-5-9(16-3-15-5)7(8(4)14)12-11(19)10(18)6(2-17)20-12/h1,3,6,10-12,17-19H,2H2,(H,15,16)/t6-,10-,11-,12+/m1/s1. The van der Waals surface area contributed by atoms with Crippen LogP contribution in [0.15, 0.2) is 12.4 Å². The third kappa shape index (κ3) is 2.00. The monoisotopic (exact) mass is 318 g/mol. The molecule has 1 aliphatic heterocycles. The van der Waals surface area contributed by atoms with E-state index in [4.69, 9.17) is 33.0 Å². The van der Waals surface area contributed by atoms with Gasteiger partial charge in [-0.2, -0.15) is 0 Å². The second kappa shape index (κ2) is 5.14. The fraction of sp³-hybridized carbons (Fsp3) is 0.417. The quantitative estimate of drug-likeness (QED) is 0.662. The molecule has 1 aliphatic rings. The molecule has 0 aliphatic carbocycles. The van der Waals surface area contributed by atoms with Crippen molar-refractivity contribution >= 4 is 34.2 Å². The van der Waals surface area contributed by atoms with Crippen LogP contribution >= 0.6 is 23.2 Å². The number of aromatic amines is 1. The average molecular weight is 319 g/mol. The van der Waals surface area contributed by atoms with E-state index in [2.05, 4.69) is 9.97 Å². The highest BCUT2D eigenvalue weighted by atomic mass is 35.5. The highest BCUT2D eigenvalue weighted by molar-refractivity contribution is 6.43. The number of halogens is 2. The summed E-state index contributed by atoms with van der Waals surface area (Å²) >= 11 is 12.2. The number of aliphatic hydroxyl groups is 3. The Bertz CT molecular complexity index is 648. The molecule has 4 N–H and O–H groups in total. The number of aliphatic hydroxyl groups excluding tert-OH is 3. The van der Waals surface area contributed by atoms with Crippen molar-refractivity contribution in [2.24, 2.45) is 0 Å². The minimum Gasteiger partial charge on any atom is -0.394 e. The minimum atomic E-state index is -1.22. The van der Waals surface area contributed by atoms with Crippen LogP contribution < -0.4 is 0 Å². The van der Waals surface area contributed by atoms with E-state index < -0.39 is 31.0 Å². The van der Waals surface area contributed by atoms with Crippen molar-refractivity contribution in [2.75, 3.05) is 6.61 Å². The first-order valence-corrected chi connectivity index (χ1v) is 6.73. The molecule has 108 valence electrons. The van der Waals surface area contributed by atoms with Gasteiger partial charge in [-0.15, -0.1) is 0 Å². The lowest BCUT2D eigenvalue weighted by Crippen LogP contribution is -2.32. The van der Waals surface area contributed by atoms with Gasteiger partial charge < -0.3 is 25.0 Å². The smallest absolute Gasteiger partial charge is 0.115 e. The number of hydrogen-bond donors (Lipinski definition) is 4. The van der Waals surface area contributed by atoms with E-state index in [0.717, 1.165) is 0 Å². The van der Waals surface area contributed by atoms with Crippen molar-refractivity contribution in [3.05, 3.63) is 28.0 Å². The molecule has 0 radical (unpaired) electrons. The number of ether oxygens (including phenoxy) is 1. The van der Waals surface area contributed by atoms with Gasteiger partial charge in [-0.1, -0.05) is 23.2 Å². The van der Waals surface area contributed by atoms with Gasteiger partial charge in [0.2, 0.25) is 0 Å². The van der Waals surface area contributed by atoms with E-state index in [9.17, 15) is 10.2 Å². The number of imidazole rings is 1. The molecule has 1 aromatic heterocycles. The Morgan fingerprint density at radius 2 is 2.05 bits per heavy atom. The molecule has 0 saturated carbocycles.